The van der Waals surface area contributed by atoms with Crippen LogP contribution >= 0.6 is 23.1 Å². The van der Waals surface area contributed by atoms with Crippen LogP contribution in [0.5, 0.6) is 0 Å². The highest BCUT2D eigenvalue weighted by Gasteiger charge is 2.05. The summed E-state index contributed by atoms with van der Waals surface area (Å²) in [6.07, 6.45) is -0.826. The first-order valence-electron chi connectivity index (χ1n) is 6.80. The van der Waals surface area contributed by atoms with E-state index in [0.29, 0.717) is 23.4 Å². The molecule has 0 aliphatic heterocycles. The number of nitrogens with zero attached hydrogens (tertiary/aromatic N) is 4. The first-order chi connectivity index (χ1) is 11.5. The van der Waals surface area contributed by atoms with Crippen molar-refractivity contribution >= 4 is 40.1 Å². The lowest BCUT2D eigenvalue weighted by molar-refractivity contribution is 0.158. The summed E-state index contributed by atoms with van der Waals surface area (Å²) in [5.41, 5.74) is 6.34. The number of guanidine groups is 2. The van der Waals surface area contributed by atoms with Gasteiger partial charge in [0.15, 0.2) is 11.1 Å². The summed E-state index contributed by atoms with van der Waals surface area (Å²) in [5.74, 6) is 1.84. The van der Waals surface area contributed by atoms with E-state index in [9.17, 15) is 8.78 Å². The molecule has 1 heterocycles. The Labute approximate surface area is 146 Å². The zero-order chi connectivity index (χ0) is 17.8. The van der Waals surface area contributed by atoms with E-state index in [1.807, 2.05) is 5.38 Å². The fourth-order valence-electron chi connectivity index (χ4n) is 1.40. The highest BCUT2D eigenvalue weighted by molar-refractivity contribution is 7.98. The molecule has 12 heteroatoms. The molecule has 0 saturated carbocycles. The monoisotopic (exact) mass is 376 g/mol. The first kappa shape index (κ1) is 19.9. The second-order valence-corrected chi connectivity index (χ2v) is 6.14. The predicted molar refractivity (Wildman–Crippen MR) is 94.5 cm³/mol. The third kappa shape index (κ3) is 8.49. The van der Waals surface area contributed by atoms with Crippen LogP contribution in [0, 0.1) is 11.5 Å². The number of aromatic nitrogens is 1. The van der Waals surface area contributed by atoms with Gasteiger partial charge in [0.2, 0.25) is 12.2 Å². The van der Waals surface area contributed by atoms with Crippen LogP contribution in [0.3, 0.4) is 0 Å². The number of hydrogen-bond donors (Lipinski definition) is 4. The Kier molecular flexibility index (Phi) is 9.47. The maximum absolute atomic E-state index is 12.0. The van der Waals surface area contributed by atoms with Gasteiger partial charge in [0.1, 0.15) is 6.54 Å². The topological polar surface area (TPSA) is 124 Å². The average Bonchev–Trinajstić information content (AvgIpc) is 2.98. The molecule has 0 atom stereocenters. The van der Waals surface area contributed by atoms with Crippen LogP contribution < -0.4 is 21.7 Å². The van der Waals surface area contributed by atoms with E-state index in [1.54, 1.807) is 25.0 Å². The largest absolute Gasteiger partial charge is 0.370 e. The fourth-order valence-corrected chi connectivity index (χ4v) is 2.97. The maximum Gasteiger partial charge on any atom is 0.257 e. The summed E-state index contributed by atoms with van der Waals surface area (Å²) >= 11 is 2.98. The van der Waals surface area contributed by atoms with Crippen LogP contribution in [0.15, 0.2) is 15.4 Å². The number of thioether (sulfide) groups is 1. The van der Waals surface area contributed by atoms with Crippen LogP contribution in [0.2, 0.25) is 0 Å². The van der Waals surface area contributed by atoms with Crippen molar-refractivity contribution in [3.05, 3.63) is 11.1 Å². The van der Waals surface area contributed by atoms with Crippen molar-refractivity contribution in [2.45, 2.75) is 12.2 Å². The van der Waals surface area contributed by atoms with Gasteiger partial charge >= 0.3 is 0 Å². The molecular weight excluding hydrogens is 358 g/mol. The Balaban J connectivity index is 2.28. The van der Waals surface area contributed by atoms with Crippen molar-refractivity contribution in [1.82, 2.24) is 15.6 Å². The quantitative estimate of drug-likeness (QED) is 0.231. The van der Waals surface area contributed by atoms with Gasteiger partial charge in [-0.25, -0.2) is 18.8 Å². The summed E-state index contributed by atoms with van der Waals surface area (Å²) in [5, 5.41) is 19.3. The second kappa shape index (κ2) is 11.4. The number of nitrogens with two attached hydrogens (primary N) is 1. The van der Waals surface area contributed by atoms with Crippen molar-refractivity contribution in [1.29, 1.82) is 5.26 Å². The van der Waals surface area contributed by atoms with Crippen LogP contribution in [0.1, 0.15) is 5.69 Å². The van der Waals surface area contributed by atoms with Gasteiger partial charge in [-0.05, 0) is 0 Å². The molecule has 1 aromatic heterocycles. The SMILES string of the molecule is CN/C(=N/C#N)NCCSCc1csc(N/C(N)=N\CC(F)F)n1. The number of nitrogens with one attached hydrogen (secondary N) is 3. The van der Waals surface area contributed by atoms with Gasteiger partial charge in [0.25, 0.3) is 6.43 Å². The molecule has 1 aromatic rings. The molecule has 24 heavy (non-hydrogen) atoms. The lowest BCUT2D eigenvalue weighted by Crippen LogP contribution is -2.35. The van der Waals surface area contributed by atoms with Crippen LogP contribution in [-0.4, -0.2) is 49.2 Å². The van der Waals surface area contributed by atoms with Gasteiger partial charge in [0, 0.05) is 30.5 Å². The van der Waals surface area contributed by atoms with Gasteiger partial charge in [-0.15, -0.1) is 16.3 Å². The highest BCUT2D eigenvalue weighted by atomic mass is 32.2. The Morgan fingerprint density at radius 3 is 3.04 bits per heavy atom. The third-order valence-electron chi connectivity index (χ3n) is 2.37. The van der Waals surface area contributed by atoms with E-state index < -0.39 is 13.0 Å². The number of rotatable bonds is 8. The normalized spacial score (nSPS) is 12.1. The number of alkyl halides is 2. The van der Waals surface area contributed by atoms with Crippen molar-refractivity contribution in [3.8, 4) is 6.19 Å². The number of hydrogen-bond acceptors (Lipinski definition) is 6. The van der Waals surface area contributed by atoms with Crippen molar-refractivity contribution in [3.63, 3.8) is 0 Å². The van der Waals surface area contributed by atoms with E-state index in [4.69, 9.17) is 11.0 Å². The summed E-state index contributed by atoms with van der Waals surface area (Å²) in [6.45, 7) is 0.0120. The van der Waals surface area contributed by atoms with E-state index in [0.717, 1.165) is 11.4 Å². The molecule has 0 saturated heterocycles. The Morgan fingerprint density at radius 2 is 2.38 bits per heavy atom. The van der Waals surface area contributed by atoms with E-state index in [1.165, 1.54) is 11.3 Å². The third-order valence-corrected chi connectivity index (χ3v) is 4.17. The van der Waals surface area contributed by atoms with Crippen molar-refractivity contribution in [2.24, 2.45) is 15.7 Å². The van der Waals surface area contributed by atoms with Crippen LogP contribution in [-0.2, 0) is 5.75 Å². The molecule has 1 rings (SSSR count). The van der Waals surface area contributed by atoms with E-state index in [2.05, 4.69) is 30.9 Å². The van der Waals surface area contributed by atoms with E-state index >= 15 is 0 Å². The number of thiazole rings is 1. The molecule has 0 aliphatic rings. The lowest BCUT2D eigenvalue weighted by atomic mass is 10.6. The Hall–Kier alpha value is -2.13. The minimum Gasteiger partial charge on any atom is -0.370 e. The summed E-state index contributed by atoms with van der Waals surface area (Å²) in [4.78, 5) is 11.4. The molecule has 0 amide bonds. The molecule has 0 aromatic carbocycles. The summed E-state index contributed by atoms with van der Waals surface area (Å²) in [6, 6.07) is 0. The highest BCUT2D eigenvalue weighted by Crippen LogP contribution is 2.19. The molecule has 5 N–H and O–H groups in total. The molecule has 0 unspecified atom stereocenters. The molecule has 0 spiro atoms. The number of nitriles is 1. The number of aliphatic imine (C=N–C) groups is 2. The molecular formula is C12H18F2N8S2. The van der Waals surface area contributed by atoms with Crippen molar-refractivity contribution < 1.29 is 8.78 Å². The minimum absolute atomic E-state index is 0.0792. The summed E-state index contributed by atoms with van der Waals surface area (Å²) < 4.78 is 24.0. The van der Waals surface area contributed by atoms with Gasteiger partial charge in [0.05, 0.1) is 5.69 Å². The fraction of sp³-hybridized carbons (Fsp3) is 0.500. The maximum atomic E-state index is 12.0. The molecule has 8 nitrogen and oxygen atoms in total. The van der Waals surface area contributed by atoms with E-state index in [-0.39, 0.29) is 5.96 Å². The molecule has 0 aliphatic carbocycles. The van der Waals surface area contributed by atoms with Gasteiger partial charge in [-0.2, -0.15) is 17.0 Å². The zero-order valence-electron chi connectivity index (χ0n) is 12.9. The number of halogens is 2. The molecule has 0 fully saturated rings. The van der Waals surface area contributed by atoms with Gasteiger partial charge < -0.3 is 21.7 Å². The Bertz CT molecular complexity index is 596. The zero-order valence-corrected chi connectivity index (χ0v) is 14.6. The van der Waals surface area contributed by atoms with Crippen LogP contribution in [0.4, 0.5) is 13.9 Å². The first-order valence-corrected chi connectivity index (χ1v) is 8.84. The minimum atomic E-state index is -2.52. The lowest BCUT2D eigenvalue weighted by Gasteiger charge is -2.06. The second-order valence-electron chi connectivity index (χ2n) is 4.18. The predicted octanol–water partition coefficient (Wildman–Crippen LogP) is 1.01. The molecule has 132 valence electrons. The number of anilines is 1. The van der Waals surface area contributed by atoms with Gasteiger partial charge in [-0.1, -0.05) is 0 Å². The molecule has 0 radical (unpaired) electrons. The smallest absolute Gasteiger partial charge is 0.257 e. The standard InChI is InChI=1S/C12H18F2N8S2/c1-17-11(20-7-15)18-2-3-23-5-8-6-24-12(21-8)22-10(16)19-4-9(13)14/h6,9H,2-5H2,1H3,(H2,17,18,20)(H3,16,19,21,22). The van der Waals surface area contributed by atoms with Gasteiger partial charge in [-0.3, -0.25) is 0 Å². The molecule has 0 bridgehead atoms. The van der Waals surface area contributed by atoms with Crippen molar-refractivity contribution in [2.75, 3.05) is 31.2 Å². The Morgan fingerprint density at radius 1 is 1.58 bits per heavy atom. The summed E-state index contributed by atoms with van der Waals surface area (Å²) in [7, 11) is 1.68. The van der Waals surface area contributed by atoms with Crippen LogP contribution in [0.25, 0.3) is 0 Å². The average molecular weight is 376 g/mol.